The number of piperazine rings is 1. The van der Waals surface area contributed by atoms with Crippen LogP contribution in [-0.2, 0) is 0 Å². The fourth-order valence-corrected chi connectivity index (χ4v) is 3.32. The zero-order chi connectivity index (χ0) is 12.8. The van der Waals surface area contributed by atoms with E-state index in [0.717, 1.165) is 12.0 Å². The molecule has 2 rings (SSSR count). The minimum atomic E-state index is 0.720. The molecule has 0 amide bonds. The van der Waals surface area contributed by atoms with E-state index in [-0.39, 0.29) is 0 Å². The van der Waals surface area contributed by atoms with Crippen molar-refractivity contribution in [2.75, 3.05) is 46.3 Å². The van der Waals surface area contributed by atoms with Crippen molar-refractivity contribution in [1.29, 1.82) is 0 Å². The van der Waals surface area contributed by atoms with E-state index >= 15 is 0 Å². The lowest BCUT2D eigenvalue weighted by Gasteiger charge is -2.33. The Morgan fingerprint density at radius 3 is 2.39 bits per heavy atom. The van der Waals surface area contributed by atoms with E-state index in [4.69, 9.17) is 0 Å². The van der Waals surface area contributed by atoms with Gasteiger partial charge in [0.25, 0.3) is 0 Å². The molecule has 3 nitrogen and oxygen atoms in total. The zero-order valence-corrected chi connectivity index (χ0v) is 12.3. The number of rotatable bonds is 5. The van der Waals surface area contributed by atoms with Gasteiger partial charge in [0.05, 0.1) is 0 Å². The average Bonchev–Trinajstić information content (AvgIpc) is 2.42. The van der Waals surface area contributed by atoms with E-state index in [0.29, 0.717) is 0 Å². The Morgan fingerprint density at radius 1 is 1.06 bits per heavy atom. The molecule has 2 fully saturated rings. The summed E-state index contributed by atoms with van der Waals surface area (Å²) in [6, 6.07) is 0.720. The van der Waals surface area contributed by atoms with Gasteiger partial charge in [-0.15, -0.1) is 0 Å². The molecule has 1 atom stereocenters. The minimum absolute atomic E-state index is 0.720. The summed E-state index contributed by atoms with van der Waals surface area (Å²) in [5.74, 6) is 0.936. The Morgan fingerprint density at radius 2 is 1.72 bits per heavy atom. The maximum Gasteiger partial charge on any atom is 0.0110 e. The normalized spacial score (nSPS) is 26.3. The molecule has 0 unspecified atom stereocenters. The van der Waals surface area contributed by atoms with Gasteiger partial charge in [-0.25, -0.2) is 0 Å². The largest absolute Gasteiger partial charge is 0.313 e. The number of hydrogen-bond donors (Lipinski definition) is 1. The van der Waals surface area contributed by atoms with Gasteiger partial charge in [0.1, 0.15) is 0 Å². The van der Waals surface area contributed by atoms with Crippen LogP contribution < -0.4 is 5.32 Å². The summed E-state index contributed by atoms with van der Waals surface area (Å²) in [4.78, 5) is 5.02. The first kappa shape index (κ1) is 14.3. The zero-order valence-electron chi connectivity index (χ0n) is 12.3. The van der Waals surface area contributed by atoms with Crippen LogP contribution in [0.4, 0.5) is 0 Å². The standard InChI is InChI=1S/C15H31N3/c1-14(15-6-4-3-5-7-15)16-8-9-18-12-10-17(2)11-13-18/h14-16H,3-13H2,1-2H3/t14-/m0/s1. The highest BCUT2D eigenvalue weighted by Crippen LogP contribution is 2.26. The van der Waals surface area contributed by atoms with Gasteiger partial charge in [-0.05, 0) is 32.7 Å². The molecule has 2 aliphatic rings. The molecular weight excluding hydrogens is 222 g/mol. The van der Waals surface area contributed by atoms with Crippen molar-refractivity contribution >= 4 is 0 Å². The molecule has 0 aromatic carbocycles. The van der Waals surface area contributed by atoms with E-state index in [2.05, 4.69) is 29.1 Å². The quantitative estimate of drug-likeness (QED) is 0.806. The van der Waals surface area contributed by atoms with Crippen LogP contribution in [0.3, 0.4) is 0 Å². The maximum atomic E-state index is 3.76. The van der Waals surface area contributed by atoms with Gasteiger partial charge in [-0.2, -0.15) is 0 Å². The Labute approximate surface area is 113 Å². The SMILES string of the molecule is C[C@H](NCCN1CCN(C)CC1)C1CCCCC1. The monoisotopic (exact) mass is 253 g/mol. The molecule has 18 heavy (non-hydrogen) atoms. The van der Waals surface area contributed by atoms with Gasteiger partial charge in [0.15, 0.2) is 0 Å². The lowest BCUT2D eigenvalue weighted by molar-refractivity contribution is 0.151. The van der Waals surface area contributed by atoms with Gasteiger partial charge in [-0.1, -0.05) is 19.3 Å². The third-order valence-electron chi connectivity index (χ3n) is 4.85. The maximum absolute atomic E-state index is 3.76. The van der Waals surface area contributed by atoms with Gasteiger partial charge in [0.2, 0.25) is 0 Å². The molecule has 0 spiro atoms. The second kappa shape index (κ2) is 7.46. The lowest BCUT2D eigenvalue weighted by Crippen LogP contribution is -2.47. The topological polar surface area (TPSA) is 18.5 Å². The van der Waals surface area contributed by atoms with Crippen molar-refractivity contribution in [3.05, 3.63) is 0 Å². The Hall–Kier alpha value is -0.120. The summed E-state index contributed by atoms with van der Waals surface area (Å²) in [5.41, 5.74) is 0. The van der Waals surface area contributed by atoms with Crippen molar-refractivity contribution < 1.29 is 0 Å². The predicted octanol–water partition coefficient (Wildman–Crippen LogP) is 1.79. The van der Waals surface area contributed by atoms with E-state index in [9.17, 15) is 0 Å². The molecule has 1 saturated carbocycles. The average molecular weight is 253 g/mol. The number of likely N-dealkylation sites (N-methyl/N-ethyl adjacent to an activating group) is 1. The highest BCUT2D eigenvalue weighted by molar-refractivity contribution is 4.77. The summed E-state index contributed by atoms with van der Waals surface area (Å²) >= 11 is 0. The molecular formula is C15H31N3. The van der Waals surface area contributed by atoms with Crippen LogP contribution in [0.1, 0.15) is 39.0 Å². The van der Waals surface area contributed by atoms with Crippen molar-refractivity contribution in [1.82, 2.24) is 15.1 Å². The molecule has 106 valence electrons. The second-order valence-electron chi connectivity index (χ2n) is 6.29. The van der Waals surface area contributed by atoms with E-state index in [1.54, 1.807) is 0 Å². The molecule has 0 radical (unpaired) electrons. The molecule has 0 aromatic heterocycles. The Kier molecular flexibility index (Phi) is 5.93. The summed E-state index contributed by atoms with van der Waals surface area (Å²) in [5, 5.41) is 3.76. The van der Waals surface area contributed by atoms with Gasteiger partial charge in [0, 0.05) is 45.3 Å². The van der Waals surface area contributed by atoms with E-state index in [1.807, 2.05) is 0 Å². The van der Waals surface area contributed by atoms with Gasteiger partial charge >= 0.3 is 0 Å². The Balaban J connectivity index is 1.56. The second-order valence-corrected chi connectivity index (χ2v) is 6.29. The highest BCUT2D eigenvalue weighted by atomic mass is 15.2. The predicted molar refractivity (Wildman–Crippen MR) is 78.0 cm³/mol. The first-order valence-corrected chi connectivity index (χ1v) is 7.90. The Bertz CT molecular complexity index is 218. The third kappa shape index (κ3) is 4.52. The molecule has 1 aliphatic heterocycles. The highest BCUT2D eigenvalue weighted by Gasteiger charge is 2.20. The first-order valence-electron chi connectivity index (χ1n) is 7.90. The van der Waals surface area contributed by atoms with E-state index in [1.165, 1.54) is 71.4 Å². The van der Waals surface area contributed by atoms with Gasteiger partial charge in [-0.3, -0.25) is 4.90 Å². The van der Waals surface area contributed by atoms with Crippen molar-refractivity contribution in [2.24, 2.45) is 5.92 Å². The molecule has 1 heterocycles. The minimum Gasteiger partial charge on any atom is -0.313 e. The van der Waals surface area contributed by atoms with Crippen LogP contribution in [0.25, 0.3) is 0 Å². The van der Waals surface area contributed by atoms with Crippen LogP contribution in [0.2, 0.25) is 0 Å². The molecule has 3 heteroatoms. The molecule has 0 aromatic rings. The third-order valence-corrected chi connectivity index (χ3v) is 4.85. The van der Waals surface area contributed by atoms with Crippen molar-refractivity contribution in [3.63, 3.8) is 0 Å². The molecule has 1 saturated heterocycles. The van der Waals surface area contributed by atoms with Gasteiger partial charge < -0.3 is 10.2 Å². The van der Waals surface area contributed by atoms with E-state index < -0.39 is 0 Å². The van der Waals surface area contributed by atoms with Crippen LogP contribution in [-0.4, -0.2) is 62.2 Å². The fourth-order valence-electron chi connectivity index (χ4n) is 3.32. The molecule has 1 N–H and O–H groups in total. The fraction of sp³-hybridized carbons (Fsp3) is 1.00. The van der Waals surface area contributed by atoms with Crippen molar-refractivity contribution in [3.8, 4) is 0 Å². The number of nitrogens with zero attached hydrogens (tertiary/aromatic N) is 2. The smallest absolute Gasteiger partial charge is 0.0110 e. The number of nitrogens with one attached hydrogen (secondary N) is 1. The van der Waals surface area contributed by atoms with Crippen LogP contribution in [0, 0.1) is 5.92 Å². The van der Waals surface area contributed by atoms with Crippen LogP contribution in [0.5, 0.6) is 0 Å². The molecule has 0 bridgehead atoms. The summed E-state index contributed by atoms with van der Waals surface area (Å²) in [6.07, 6.45) is 7.26. The molecule has 1 aliphatic carbocycles. The number of hydrogen-bond acceptors (Lipinski definition) is 3. The van der Waals surface area contributed by atoms with Crippen LogP contribution >= 0.6 is 0 Å². The van der Waals surface area contributed by atoms with Crippen LogP contribution in [0.15, 0.2) is 0 Å². The summed E-state index contributed by atoms with van der Waals surface area (Å²) < 4.78 is 0. The summed E-state index contributed by atoms with van der Waals surface area (Å²) in [7, 11) is 2.22. The first-order chi connectivity index (χ1) is 8.75. The lowest BCUT2D eigenvalue weighted by atomic mass is 9.84. The van der Waals surface area contributed by atoms with Crippen molar-refractivity contribution in [2.45, 2.75) is 45.1 Å². The summed E-state index contributed by atoms with van der Waals surface area (Å²) in [6.45, 7) is 9.74.